The van der Waals surface area contributed by atoms with E-state index in [-0.39, 0.29) is 17.8 Å². The number of rotatable bonds is 3. The summed E-state index contributed by atoms with van der Waals surface area (Å²) in [5, 5.41) is 7.06. The Morgan fingerprint density at radius 2 is 2.14 bits per heavy atom. The predicted octanol–water partition coefficient (Wildman–Crippen LogP) is 1.35. The van der Waals surface area contributed by atoms with Crippen molar-refractivity contribution in [2.24, 2.45) is 7.05 Å². The van der Waals surface area contributed by atoms with E-state index in [1.54, 1.807) is 36.3 Å². The number of hydrogen-bond acceptors (Lipinski definition) is 4. The highest BCUT2D eigenvalue weighted by molar-refractivity contribution is 5.92. The fourth-order valence-corrected chi connectivity index (χ4v) is 2.64. The third kappa shape index (κ3) is 3.08. The highest BCUT2D eigenvalue weighted by Crippen LogP contribution is 2.20. The zero-order valence-electron chi connectivity index (χ0n) is 12.4. The van der Waals surface area contributed by atoms with Gasteiger partial charge in [-0.15, -0.1) is 0 Å². The Morgan fingerprint density at radius 1 is 1.36 bits per heavy atom. The lowest BCUT2D eigenvalue weighted by atomic mass is 10.0. The third-order valence-corrected chi connectivity index (χ3v) is 3.82. The molecule has 22 heavy (non-hydrogen) atoms. The smallest absolute Gasteiger partial charge is 0.271 e. The fourth-order valence-electron chi connectivity index (χ4n) is 2.64. The maximum Gasteiger partial charge on any atom is 0.271 e. The molecule has 1 fully saturated rings. The van der Waals surface area contributed by atoms with Gasteiger partial charge in [-0.3, -0.25) is 9.48 Å². The van der Waals surface area contributed by atoms with Crippen molar-refractivity contribution in [2.75, 3.05) is 18.0 Å². The average molecular weight is 303 g/mol. The second-order valence-electron chi connectivity index (χ2n) is 5.42. The molecule has 0 bridgehead atoms. The van der Waals surface area contributed by atoms with Gasteiger partial charge in [-0.2, -0.15) is 5.10 Å². The number of nitrogens with one attached hydrogen (secondary N) is 1. The topological polar surface area (TPSA) is 63.1 Å². The van der Waals surface area contributed by atoms with Gasteiger partial charge in [0.2, 0.25) is 0 Å². The standard InChI is InChI=1S/C15H18FN5O/c1-20-8-6-13(19-20)15(22)18-11-4-9-21(10-5-11)14-12(16)3-2-7-17-14/h2-3,6-8,11H,4-5,9-10H2,1H3,(H,18,22). The maximum absolute atomic E-state index is 13.7. The van der Waals surface area contributed by atoms with Crippen LogP contribution in [0.15, 0.2) is 30.6 Å². The molecule has 0 spiro atoms. The van der Waals surface area contributed by atoms with Crippen molar-refractivity contribution in [1.29, 1.82) is 0 Å². The van der Waals surface area contributed by atoms with Crippen LogP contribution in [0.1, 0.15) is 23.3 Å². The van der Waals surface area contributed by atoms with E-state index < -0.39 is 0 Å². The van der Waals surface area contributed by atoms with Crippen molar-refractivity contribution in [2.45, 2.75) is 18.9 Å². The molecule has 0 radical (unpaired) electrons. The van der Waals surface area contributed by atoms with Crippen LogP contribution in [0.2, 0.25) is 0 Å². The molecule has 0 unspecified atom stereocenters. The lowest BCUT2D eigenvalue weighted by molar-refractivity contribution is 0.0925. The molecule has 1 N–H and O–H groups in total. The van der Waals surface area contributed by atoms with Crippen molar-refractivity contribution in [3.05, 3.63) is 42.1 Å². The Morgan fingerprint density at radius 3 is 2.77 bits per heavy atom. The number of carbonyl (C=O) groups is 1. The van der Waals surface area contributed by atoms with Gasteiger partial charge in [-0.25, -0.2) is 9.37 Å². The molecule has 1 amide bonds. The molecule has 0 saturated carbocycles. The average Bonchev–Trinajstić information content (AvgIpc) is 2.95. The molecule has 1 aliphatic heterocycles. The normalized spacial score (nSPS) is 15.8. The fraction of sp³-hybridized carbons (Fsp3) is 0.400. The molecule has 3 heterocycles. The number of piperidine rings is 1. The van der Waals surface area contributed by atoms with Gasteiger partial charge >= 0.3 is 0 Å². The van der Waals surface area contributed by atoms with Crippen LogP contribution < -0.4 is 10.2 Å². The van der Waals surface area contributed by atoms with Crippen LogP contribution in [0.25, 0.3) is 0 Å². The summed E-state index contributed by atoms with van der Waals surface area (Å²) in [7, 11) is 1.77. The van der Waals surface area contributed by atoms with Gasteiger partial charge < -0.3 is 10.2 Å². The molecule has 2 aromatic heterocycles. The first kappa shape index (κ1) is 14.5. The minimum atomic E-state index is -0.307. The van der Waals surface area contributed by atoms with Gasteiger partial charge in [0.05, 0.1) is 0 Å². The quantitative estimate of drug-likeness (QED) is 0.930. The van der Waals surface area contributed by atoms with E-state index in [0.717, 1.165) is 12.8 Å². The first-order chi connectivity index (χ1) is 10.6. The summed E-state index contributed by atoms with van der Waals surface area (Å²) in [6, 6.07) is 4.77. The van der Waals surface area contributed by atoms with Gasteiger partial charge in [-0.05, 0) is 31.0 Å². The number of hydrogen-bond donors (Lipinski definition) is 1. The van der Waals surface area contributed by atoms with Crippen LogP contribution in [0.3, 0.4) is 0 Å². The van der Waals surface area contributed by atoms with Crippen LogP contribution in [0.4, 0.5) is 10.2 Å². The summed E-state index contributed by atoms with van der Waals surface area (Å²) in [6.45, 7) is 1.34. The highest BCUT2D eigenvalue weighted by Gasteiger charge is 2.23. The second-order valence-corrected chi connectivity index (χ2v) is 5.42. The Kier molecular flexibility index (Phi) is 4.04. The molecule has 1 saturated heterocycles. The lowest BCUT2D eigenvalue weighted by Crippen LogP contribution is -2.45. The van der Waals surface area contributed by atoms with Gasteiger partial charge in [0.1, 0.15) is 5.69 Å². The molecule has 116 valence electrons. The van der Waals surface area contributed by atoms with Crippen LogP contribution in [-0.4, -0.2) is 39.8 Å². The Balaban J connectivity index is 1.56. The Hall–Kier alpha value is -2.44. The number of aromatic nitrogens is 3. The molecular formula is C15H18FN5O. The molecule has 0 aromatic carbocycles. The molecule has 2 aromatic rings. The number of anilines is 1. The van der Waals surface area contributed by atoms with Gasteiger partial charge in [-0.1, -0.05) is 0 Å². The van der Waals surface area contributed by atoms with Crippen molar-refractivity contribution < 1.29 is 9.18 Å². The zero-order chi connectivity index (χ0) is 15.5. The number of amides is 1. The minimum Gasteiger partial charge on any atom is -0.354 e. The van der Waals surface area contributed by atoms with Crippen molar-refractivity contribution in [1.82, 2.24) is 20.1 Å². The van der Waals surface area contributed by atoms with Crippen LogP contribution in [0.5, 0.6) is 0 Å². The summed E-state index contributed by atoms with van der Waals surface area (Å²) < 4.78 is 15.3. The largest absolute Gasteiger partial charge is 0.354 e. The van der Waals surface area contributed by atoms with E-state index in [1.165, 1.54) is 6.07 Å². The summed E-state index contributed by atoms with van der Waals surface area (Å²) >= 11 is 0. The van der Waals surface area contributed by atoms with E-state index in [9.17, 15) is 9.18 Å². The molecule has 6 nitrogen and oxygen atoms in total. The number of carbonyl (C=O) groups excluding carboxylic acids is 1. The molecular weight excluding hydrogens is 285 g/mol. The number of pyridine rings is 1. The molecule has 3 rings (SSSR count). The van der Waals surface area contributed by atoms with Crippen molar-refractivity contribution >= 4 is 11.7 Å². The summed E-state index contributed by atoms with van der Waals surface area (Å²) in [5.74, 6) is -0.0847. The third-order valence-electron chi connectivity index (χ3n) is 3.82. The van der Waals surface area contributed by atoms with Crippen molar-refractivity contribution in [3.8, 4) is 0 Å². The van der Waals surface area contributed by atoms with Crippen molar-refractivity contribution in [3.63, 3.8) is 0 Å². The van der Waals surface area contributed by atoms with Gasteiger partial charge in [0.15, 0.2) is 11.6 Å². The predicted molar refractivity (Wildman–Crippen MR) is 80.1 cm³/mol. The first-order valence-electron chi connectivity index (χ1n) is 7.29. The van der Waals surface area contributed by atoms with E-state index in [0.29, 0.717) is 24.6 Å². The van der Waals surface area contributed by atoms with E-state index in [4.69, 9.17) is 0 Å². The molecule has 0 aliphatic carbocycles. The monoisotopic (exact) mass is 303 g/mol. The number of nitrogens with zero attached hydrogens (tertiary/aromatic N) is 4. The highest BCUT2D eigenvalue weighted by atomic mass is 19.1. The van der Waals surface area contributed by atoms with Crippen LogP contribution >= 0.6 is 0 Å². The number of aryl methyl sites for hydroxylation is 1. The Bertz CT molecular complexity index is 663. The summed E-state index contributed by atoms with van der Waals surface area (Å²) in [5.41, 5.74) is 0.417. The summed E-state index contributed by atoms with van der Waals surface area (Å²) in [6.07, 6.45) is 4.85. The minimum absolute atomic E-state index is 0.0810. The van der Waals surface area contributed by atoms with E-state index >= 15 is 0 Å². The number of halogens is 1. The zero-order valence-corrected chi connectivity index (χ0v) is 12.4. The van der Waals surface area contributed by atoms with Crippen LogP contribution in [0, 0.1) is 5.82 Å². The maximum atomic E-state index is 13.7. The first-order valence-corrected chi connectivity index (χ1v) is 7.29. The second kappa shape index (κ2) is 6.13. The van der Waals surface area contributed by atoms with E-state index in [2.05, 4.69) is 15.4 Å². The molecule has 0 atom stereocenters. The summed E-state index contributed by atoms with van der Waals surface area (Å²) in [4.78, 5) is 18.1. The van der Waals surface area contributed by atoms with Crippen LogP contribution in [-0.2, 0) is 7.05 Å². The lowest BCUT2D eigenvalue weighted by Gasteiger charge is -2.33. The Labute approximate surface area is 128 Å². The van der Waals surface area contributed by atoms with Gasteiger partial charge in [0.25, 0.3) is 5.91 Å². The van der Waals surface area contributed by atoms with E-state index in [1.807, 2.05) is 4.90 Å². The van der Waals surface area contributed by atoms with Gasteiger partial charge in [0, 0.05) is 38.6 Å². The molecule has 7 heteroatoms. The SMILES string of the molecule is Cn1ccc(C(=O)NC2CCN(c3ncccc3F)CC2)n1. The molecule has 1 aliphatic rings.